The highest BCUT2D eigenvalue weighted by Gasteiger charge is 2.27. The van der Waals surface area contributed by atoms with Crippen LogP contribution in [0.1, 0.15) is 33.1 Å². The van der Waals surface area contributed by atoms with E-state index in [0.29, 0.717) is 25.7 Å². The first kappa shape index (κ1) is 13.9. The van der Waals surface area contributed by atoms with E-state index in [-0.39, 0.29) is 0 Å². The molecule has 96 valence electrons. The summed E-state index contributed by atoms with van der Waals surface area (Å²) in [7, 11) is -3.25. The smallest absolute Gasteiger partial charge is 0.279 e. The quantitative estimate of drug-likeness (QED) is 0.712. The van der Waals surface area contributed by atoms with E-state index in [4.69, 9.17) is 0 Å². The van der Waals surface area contributed by atoms with Crippen molar-refractivity contribution in [1.82, 2.24) is 14.3 Å². The third-order valence-corrected chi connectivity index (χ3v) is 4.33. The molecular weight excluding hydrogens is 226 g/mol. The zero-order valence-electron chi connectivity index (χ0n) is 10.2. The Labute approximate surface area is 98.8 Å². The first-order valence-corrected chi connectivity index (χ1v) is 7.52. The van der Waals surface area contributed by atoms with Crippen molar-refractivity contribution in [2.75, 3.05) is 26.2 Å². The van der Waals surface area contributed by atoms with Crippen LogP contribution in [-0.2, 0) is 10.2 Å². The van der Waals surface area contributed by atoms with Gasteiger partial charge in [-0.1, -0.05) is 13.8 Å². The number of piperidine rings is 1. The minimum Gasteiger partial charge on any atom is -0.313 e. The highest BCUT2D eigenvalue weighted by Crippen LogP contribution is 2.12. The van der Waals surface area contributed by atoms with Crippen LogP contribution in [0, 0.1) is 0 Å². The van der Waals surface area contributed by atoms with Crippen molar-refractivity contribution >= 4 is 10.2 Å². The van der Waals surface area contributed by atoms with E-state index in [1.807, 2.05) is 13.8 Å². The van der Waals surface area contributed by atoms with Crippen LogP contribution in [0.5, 0.6) is 0 Å². The molecular formula is C10H23N3O2S. The average molecular weight is 249 g/mol. The first-order valence-electron chi connectivity index (χ1n) is 6.08. The van der Waals surface area contributed by atoms with Crippen LogP contribution in [0.4, 0.5) is 0 Å². The fourth-order valence-electron chi connectivity index (χ4n) is 1.94. The van der Waals surface area contributed by atoms with Crippen LogP contribution in [0.3, 0.4) is 0 Å². The second-order valence-electron chi connectivity index (χ2n) is 4.15. The van der Waals surface area contributed by atoms with E-state index < -0.39 is 10.2 Å². The maximum absolute atomic E-state index is 11.9. The summed E-state index contributed by atoms with van der Waals surface area (Å²) in [5.41, 5.74) is 0. The van der Waals surface area contributed by atoms with Gasteiger partial charge in [0.05, 0.1) is 0 Å². The van der Waals surface area contributed by atoms with Crippen LogP contribution in [0.15, 0.2) is 0 Å². The Morgan fingerprint density at radius 2 is 2.12 bits per heavy atom. The molecule has 0 radical (unpaired) electrons. The maximum Gasteiger partial charge on any atom is 0.279 e. The lowest BCUT2D eigenvalue weighted by atomic mass is 10.1. The van der Waals surface area contributed by atoms with E-state index >= 15 is 0 Å². The van der Waals surface area contributed by atoms with Crippen molar-refractivity contribution in [1.29, 1.82) is 0 Å². The normalized spacial score (nSPS) is 23.5. The van der Waals surface area contributed by atoms with Crippen LogP contribution < -0.4 is 10.0 Å². The molecule has 1 fully saturated rings. The number of hydrogen-bond acceptors (Lipinski definition) is 3. The zero-order valence-corrected chi connectivity index (χ0v) is 11.0. The molecule has 0 saturated carbocycles. The highest BCUT2D eigenvalue weighted by atomic mass is 32.2. The topological polar surface area (TPSA) is 61.4 Å². The van der Waals surface area contributed by atoms with E-state index in [1.165, 1.54) is 0 Å². The molecule has 1 aliphatic rings. The van der Waals surface area contributed by atoms with Crippen LogP contribution in [0.2, 0.25) is 0 Å². The summed E-state index contributed by atoms with van der Waals surface area (Å²) >= 11 is 0. The Kier molecular flexibility index (Phi) is 5.68. The molecule has 5 nitrogen and oxygen atoms in total. The monoisotopic (exact) mass is 249 g/mol. The Morgan fingerprint density at radius 1 is 1.38 bits per heavy atom. The third-order valence-electron chi connectivity index (χ3n) is 2.75. The molecule has 0 spiro atoms. The number of nitrogens with one attached hydrogen (secondary N) is 2. The standard InChI is InChI=1S/C10H23N3O2S/c1-3-7-12-16(14,15)13-8-5-6-10(9-13)11-4-2/h10-12H,3-9H2,1-2H3. The molecule has 0 amide bonds. The maximum atomic E-state index is 11.9. The second kappa shape index (κ2) is 6.54. The van der Waals surface area contributed by atoms with E-state index in [9.17, 15) is 8.42 Å². The van der Waals surface area contributed by atoms with Gasteiger partial charge in [-0.25, -0.2) is 4.72 Å². The summed E-state index contributed by atoms with van der Waals surface area (Å²) in [6, 6.07) is 0.303. The predicted octanol–water partition coefficient (Wildman–Crippen LogP) is 0.305. The van der Waals surface area contributed by atoms with E-state index in [1.54, 1.807) is 4.31 Å². The third kappa shape index (κ3) is 4.01. The first-order chi connectivity index (χ1) is 7.60. The molecule has 1 aliphatic heterocycles. The Balaban J connectivity index is 2.52. The van der Waals surface area contributed by atoms with Gasteiger partial charge in [0.25, 0.3) is 10.2 Å². The molecule has 0 aromatic rings. The largest absolute Gasteiger partial charge is 0.313 e. The summed E-state index contributed by atoms with van der Waals surface area (Å²) in [5, 5.41) is 3.31. The molecule has 1 rings (SSSR count). The van der Waals surface area contributed by atoms with Gasteiger partial charge in [0.2, 0.25) is 0 Å². The summed E-state index contributed by atoms with van der Waals surface area (Å²) in [4.78, 5) is 0. The molecule has 2 N–H and O–H groups in total. The molecule has 0 aromatic heterocycles. The van der Waals surface area contributed by atoms with Gasteiger partial charge in [0, 0.05) is 25.7 Å². The lowest BCUT2D eigenvalue weighted by Gasteiger charge is -2.32. The molecule has 1 saturated heterocycles. The molecule has 0 bridgehead atoms. The van der Waals surface area contributed by atoms with Gasteiger partial charge in [-0.15, -0.1) is 0 Å². The van der Waals surface area contributed by atoms with E-state index in [0.717, 1.165) is 25.8 Å². The summed E-state index contributed by atoms with van der Waals surface area (Å²) in [6.45, 7) is 6.64. The lowest BCUT2D eigenvalue weighted by Crippen LogP contribution is -2.51. The molecule has 6 heteroatoms. The van der Waals surface area contributed by atoms with Gasteiger partial charge < -0.3 is 5.32 Å². The van der Waals surface area contributed by atoms with Gasteiger partial charge in [0.1, 0.15) is 0 Å². The number of likely N-dealkylation sites (N-methyl/N-ethyl adjacent to an activating group) is 1. The van der Waals surface area contributed by atoms with Crippen LogP contribution in [-0.4, -0.2) is 44.9 Å². The number of rotatable bonds is 6. The van der Waals surface area contributed by atoms with Gasteiger partial charge in [-0.2, -0.15) is 12.7 Å². The van der Waals surface area contributed by atoms with Gasteiger partial charge in [-0.3, -0.25) is 0 Å². The van der Waals surface area contributed by atoms with Gasteiger partial charge >= 0.3 is 0 Å². The molecule has 0 aliphatic carbocycles. The van der Waals surface area contributed by atoms with Crippen molar-refractivity contribution in [2.24, 2.45) is 0 Å². The summed E-state index contributed by atoms with van der Waals surface area (Å²) < 4.78 is 27.9. The Bertz CT molecular complexity index is 290. The van der Waals surface area contributed by atoms with Crippen molar-refractivity contribution in [2.45, 2.75) is 39.2 Å². The van der Waals surface area contributed by atoms with Crippen molar-refractivity contribution < 1.29 is 8.42 Å². The molecule has 0 aromatic carbocycles. The number of nitrogens with zero attached hydrogens (tertiary/aromatic N) is 1. The minimum atomic E-state index is -3.25. The molecule has 16 heavy (non-hydrogen) atoms. The molecule has 1 atom stereocenters. The van der Waals surface area contributed by atoms with Crippen molar-refractivity contribution in [3.8, 4) is 0 Å². The molecule has 1 unspecified atom stereocenters. The summed E-state index contributed by atoms with van der Waals surface area (Å²) in [5.74, 6) is 0. The average Bonchev–Trinajstić information content (AvgIpc) is 2.27. The Hall–Kier alpha value is -0.170. The predicted molar refractivity (Wildman–Crippen MR) is 65.5 cm³/mol. The van der Waals surface area contributed by atoms with Crippen LogP contribution >= 0.6 is 0 Å². The van der Waals surface area contributed by atoms with Crippen molar-refractivity contribution in [3.63, 3.8) is 0 Å². The zero-order chi connectivity index (χ0) is 12.0. The number of hydrogen-bond donors (Lipinski definition) is 2. The lowest BCUT2D eigenvalue weighted by molar-refractivity contribution is 0.283. The fourth-order valence-corrected chi connectivity index (χ4v) is 3.33. The fraction of sp³-hybridized carbons (Fsp3) is 1.00. The molecule has 1 heterocycles. The van der Waals surface area contributed by atoms with E-state index in [2.05, 4.69) is 10.0 Å². The minimum absolute atomic E-state index is 0.303. The Morgan fingerprint density at radius 3 is 2.75 bits per heavy atom. The van der Waals surface area contributed by atoms with Gasteiger partial charge in [0.15, 0.2) is 0 Å². The van der Waals surface area contributed by atoms with Crippen molar-refractivity contribution in [3.05, 3.63) is 0 Å². The highest BCUT2D eigenvalue weighted by molar-refractivity contribution is 7.87. The van der Waals surface area contributed by atoms with Crippen LogP contribution in [0.25, 0.3) is 0 Å². The second-order valence-corrected chi connectivity index (χ2v) is 5.91. The SMILES string of the molecule is CCCNS(=O)(=O)N1CCCC(NCC)C1. The summed E-state index contributed by atoms with van der Waals surface area (Å²) in [6.07, 6.45) is 2.82. The van der Waals surface area contributed by atoms with Gasteiger partial charge in [-0.05, 0) is 25.8 Å².